The fourth-order valence-corrected chi connectivity index (χ4v) is 11.4. The number of benzene rings is 2. The molecule has 0 amide bonds. The molecule has 1 saturated carbocycles. The second-order valence-corrected chi connectivity index (χ2v) is 33.2. The summed E-state index contributed by atoms with van der Waals surface area (Å²) in [4.78, 5) is 0. The van der Waals surface area contributed by atoms with Crippen LogP contribution in [0.15, 0.2) is 72.3 Å². The molecule has 2 aromatic rings. The maximum Gasteiger partial charge on any atom is 0.192 e. The van der Waals surface area contributed by atoms with E-state index >= 15 is 0 Å². The summed E-state index contributed by atoms with van der Waals surface area (Å²) in [6.45, 7) is 29.9. The molecule has 3 rings (SSSR count). The second-order valence-electron chi connectivity index (χ2n) is 16.4. The van der Waals surface area contributed by atoms with E-state index in [1.165, 1.54) is 5.57 Å². The van der Waals surface area contributed by atoms with Crippen LogP contribution >= 0.6 is 7.14 Å². The minimum absolute atomic E-state index is 0.0736. The Morgan fingerprint density at radius 3 is 1.37 bits per heavy atom. The van der Waals surface area contributed by atoms with Crippen LogP contribution in [0.1, 0.15) is 54.4 Å². The molecule has 8 heteroatoms. The normalized spacial score (nSPS) is 21.1. The van der Waals surface area contributed by atoms with Gasteiger partial charge in [0, 0.05) is 16.8 Å². The zero-order valence-electron chi connectivity index (χ0n) is 29.3. The van der Waals surface area contributed by atoms with Gasteiger partial charge in [-0.3, -0.25) is 0 Å². The first-order valence-electron chi connectivity index (χ1n) is 16.0. The average Bonchev–Trinajstić information content (AvgIpc) is 2.88. The van der Waals surface area contributed by atoms with Gasteiger partial charge in [-0.25, -0.2) is 0 Å². The molecule has 1 fully saturated rings. The standard InChI is InChI=1S/C35H59O4PSi3/c1-34(2,3)42(10,11)37-31-26-28(27-32(33(31)39-41(7,8)9)38-43(12,13)35(4,5)6)24-25-40(36,29-20-16-14-17-21-29)30-22-18-15-19-23-30/h14-24,31-33H,25-27H2,1-13H3/t31-,32-,33?/m1/s1. The van der Waals surface area contributed by atoms with E-state index < -0.39 is 32.1 Å². The molecular weight excluding hydrogens is 600 g/mol. The first-order chi connectivity index (χ1) is 19.6. The molecule has 2 atom stereocenters. The summed E-state index contributed by atoms with van der Waals surface area (Å²) in [5.41, 5.74) is 1.27. The molecule has 0 unspecified atom stereocenters. The first-order valence-corrected chi connectivity index (χ1v) is 27.1. The lowest BCUT2D eigenvalue weighted by molar-refractivity contribution is -0.0502. The van der Waals surface area contributed by atoms with Gasteiger partial charge in [0.05, 0.1) is 18.3 Å². The van der Waals surface area contributed by atoms with Crippen LogP contribution in [0.2, 0.25) is 55.9 Å². The van der Waals surface area contributed by atoms with E-state index in [-0.39, 0.29) is 28.4 Å². The van der Waals surface area contributed by atoms with Gasteiger partial charge in [-0.1, -0.05) is 114 Å². The molecule has 1 aliphatic carbocycles. The van der Waals surface area contributed by atoms with Crippen LogP contribution in [-0.2, 0) is 17.8 Å². The van der Waals surface area contributed by atoms with Crippen LogP contribution in [0.5, 0.6) is 0 Å². The Kier molecular flexibility index (Phi) is 11.3. The van der Waals surface area contributed by atoms with Crippen molar-refractivity contribution in [1.82, 2.24) is 0 Å². The molecule has 1 aliphatic rings. The Bertz CT molecular complexity index is 1190. The van der Waals surface area contributed by atoms with Crippen LogP contribution in [0.25, 0.3) is 0 Å². The summed E-state index contributed by atoms with van der Waals surface area (Å²) in [6.07, 6.45) is 3.98. The van der Waals surface area contributed by atoms with Gasteiger partial charge in [0.25, 0.3) is 0 Å². The van der Waals surface area contributed by atoms with E-state index in [0.29, 0.717) is 6.16 Å². The van der Waals surface area contributed by atoms with E-state index in [0.717, 1.165) is 23.5 Å². The average molecular weight is 659 g/mol. The maximum atomic E-state index is 14.9. The quantitative estimate of drug-likeness (QED) is 0.145. The molecule has 0 heterocycles. The lowest BCUT2D eigenvalue weighted by Crippen LogP contribution is -2.58. The molecule has 4 nitrogen and oxygen atoms in total. The molecule has 0 radical (unpaired) electrons. The van der Waals surface area contributed by atoms with Gasteiger partial charge in [-0.05, 0) is 68.7 Å². The number of allylic oxidation sites excluding steroid dienone is 1. The van der Waals surface area contributed by atoms with E-state index in [1.807, 2.05) is 60.7 Å². The van der Waals surface area contributed by atoms with E-state index in [1.54, 1.807) is 0 Å². The first kappa shape index (κ1) is 36.4. The summed E-state index contributed by atoms with van der Waals surface area (Å²) in [7, 11) is -9.04. The second kappa shape index (κ2) is 13.4. The smallest absolute Gasteiger partial charge is 0.192 e. The van der Waals surface area contributed by atoms with E-state index in [4.69, 9.17) is 13.3 Å². The third-order valence-corrected chi connectivity index (χ3v) is 22.6. The van der Waals surface area contributed by atoms with Crippen molar-refractivity contribution in [2.45, 2.75) is 129 Å². The van der Waals surface area contributed by atoms with Crippen molar-refractivity contribution in [1.29, 1.82) is 0 Å². The highest BCUT2D eigenvalue weighted by molar-refractivity contribution is 7.78. The Morgan fingerprint density at radius 2 is 1.05 bits per heavy atom. The third kappa shape index (κ3) is 9.25. The summed E-state index contributed by atoms with van der Waals surface area (Å²) in [6, 6.07) is 20.0. The molecule has 43 heavy (non-hydrogen) atoms. The predicted molar refractivity (Wildman–Crippen MR) is 194 cm³/mol. The minimum Gasteiger partial charge on any atom is -0.411 e. The summed E-state index contributed by atoms with van der Waals surface area (Å²) >= 11 is 0. The van der Waals surface area contributed by atoms with E-state index in [2.05, 4.69) is 93.4 Å². The van der Waals surface area contributed by atoms with Gasteiger partial charge >= 0.3 is 0 Å². The van der Waals surface area contributed by atoms with Crippen LogP contribution in [-0.4, -0.2) is 49.4 Å². The Hall–Kier alpha value is -1.06. The zero-order chi connectivity index (χ0) is 32.5. The SMILES string of the molecule is CC(C)(C)[Si](C)(C)O[C@@H]1CC(=CCP(=O)(c2ccccc2)c2ccccc2)C[C@@H](O[Si](C)(C)C(C)(C)C)C1O[Si](C)(C)C. The molecular formula is C35H59O4PSi3. The van der Waals surface area contributed by atoms with Gasteiger partial charge in [0.2, 0.25) is 0 Å². The number of hydrogen-bond donors (Lipinski definition) is 0. The Morgan fingerprint density at radius 1 is 0.674 bits per heavy atom. The zero-order valence-corrected chi connectivity index (χ0v) is 33.2. The molecule has 0 N–H and O–H groups in total. The van der Waals surface area contributed by atoms with Crippen LogP contribution in [0.3, 0.4) is 0 Å². The van der Waals surface area contributed by atoms with Crippen molar-refractivity contribution >= 4 is 42.7 Å². The summed E-state index contributed by atoms with van der Waals surface area (Å²) in [5.74, 6) is 0. The number of hydrogen-bond acceptors (Lipinski definition) is 4. The van der Waals surface area contributed by atoms with Gasteiger partial charge in [0.15, 0.2) is 25.0 Å². The molecule has 0 bridgehead atoms. The third-order valence-electron chi connectivity index (χ3n) is 9.64. The molecule has 0 spiro atoms. The monoisotopic (exact) mass is 658 g/mol. The predicted octanol–water partition coefficient (Wildman–Crippen LogP) is 9.72. The summed E-state index contributed by atoms with van der Waals surface area (Å²) in [5, 5.41) is 1.95. The van der Waals surface area contributed by atoms with Crippen molar-refractivity contribution in [2.24, 2.45) is 0 Å². The Labute approximate surface area is 266 Å². The van der Waals surface area contributed by atoms with Gasteiger partial charge in [-0.15, -0.1) is 0 Å². The van der Waals surface area contributed by atoms with E-state index in [9.17, 15) is 4.57 Å². The topological polar surface area (TPSA) is 44.8 Å². The van der Waals surface area contributed by atoms with Gasteiger partial charge in [-0.2, -0.15) is 0 Å². The molecule has 240 valence electrons. The van der Waals surface area contributed by atoms with Crippen molar-refractivity contribution in [2.75, 3.05) is 6.16 Å². The lowest BCUT2D eigenvalue weighted by atomic mass is 9.88. The Balaban J connectivity index is 2.10. The van der Waals surface area contributed by atoms with Crippen molar-refractivity contribution in [3.05, 3.63) is 72.3 Å². The van der Waals surface area contributed by atoms with Gasteiger partial charge in [0.1, 0.15) is 7.14 Å². The fourth-order valence-electron chi connectivity index (χ4n) is 5.08. The van der Waals surface area contributed by atoms with Crippen molar-refractivity contribution in [3.8, 4) is 0 Å². The van der Waals surface area contributed by atoms with Crippen LogP contribution in [0, 0.1) is 0 Å². The number of rotatable bonds is 10. The molecule has 0 aliphatic heterocycles. The minimum atomic E-state index is -2.88. The van der Waals surface area contributed by atoms with Gasteiger partial charge < -0.3 is 17.8 Å². The fraction of sp³-hybridized carbons (Fsp3) is 0.600. The maximum absolute atomic E-state index is 14.9. The van der Waals surface area contributed by atoms with Crippen LogP contribution in [0.4, 0.5) is 0 Å². The van der Waals surface area contributed by atoms with Crippen molar-refractivity contribution < 1.29 is 17.8 Å². The molecule has 0 saturated heterocycles. The highest BCUT2D eigenvalue weighted by Crippen LogP contribution is 2.47. The largest absolute Gasteiger partial charge is 0.411 e. The lowest BCUT2D eigenvalue weighted by Gasteiger charge is -2.49. The molecule has 2 aromatic carbocycles. The summed E-state index contributed by atoms with van der Waals surface area (Å²) < 4.78 is 36.3. The highest BCUT2D eigenvalue weighted by atomic mass is 31.2. The molecule has 0 aromatic heterocycles. The highest BCUT2D eigenvalue weighted by Gasteiger charge is 2.49. The van der Waals surface area contributed by atoms with Crippen molar-refractivity contribution in [3.63, 3.8) is 0 Å². The van der Waals surface area contributed by atoms with Crippen LogP contribution < -0.4 is 10.6 Å².